The van der Waals surface area contributed by atoms with Crippen LogP contribution in [0.3, 0.4) is 0 Å². The fourth-order valence-electron chi connectivity index (χ4n) is 3.61. The maximum absolute atomic E-state index is 13.4. The average Bonchev–Trinajstić information content (AvgIpc) is 3.12. The van der Waals surface area contributed by atoms with Gasteiger partial charge in [-0.05, 0) is 36.8 Å². The van der Waals surface area contributed by atoms with E-state index in [-0.39, 0.29) is 24.6 Å². The van der Waals surface area contributed by atoms with E-state index < -0.39 is 11.9 Å². The number of halogens is 1. The van der Waals surface area contributed by atoms with Gasteiger partial charge in [-0.15, -0.1) is 0 Å². The van der Waals surface area contributed by atoms with Gasteiger partial charge in [0.2, 0.25) is 5.91 Å². The number of carbonyl (C=O) groups is 3. The van der Waals surface area contributed by atoms with E-state index in [4.69, 9.17) is 11.6 Å². The molecule has 0 unspecified atom stereocenters. The molecule has 0 fully saturated rings. The lowest BCUT2D eigenvalue weighted by molar-refractivity contribution is -0.114. The van der Waals surface area contributed by atoms with Gasteiger partial charge in [0, 0.05) is 17.9 Å². The molecule has 4 rings (SSSR count). The summed E-state index contributed by atoms with van der Waals surface area (Å²) in [6.07, 6.45) is 0. The number of hydrogen-bond donors (Lipinski definition) is 2. The maximum atomic E-state index is 13.4. The third kappa shape index (κ3) is 4.36. The van der Waals surface area contributed by atoms with Crippen LogP contribution in [0.25, 0.3) is 22.2 Å². The number of para-hydroxylation sites is 1. The number of aryl methyl sites for hydroxylation is 1. The van der Waals surface area contributed by atoms with E-state index in [2.05, 4.69) is 10.4 Å². The van der Waals surface area contributed by atoms with Crippen molar-refractivity contribution in [3.05, 3.63) is 82.4 Å². The number of carbonyl (C=O) groups excluding carboxylic acids is 2. The van der Waals surface area contributed by atoms with Crippen molar-refractivity contribution in [1.82, 2.24) is 9.78 Å². The topological polar surface area (TPSA) is 101 Å². The highest BCUT2D eigenvalue weighted by atomic mass is 35.5. The number of hydrogen-bond acceptors (Lipinski definition) is 4. The molecular formula is C25H22ClN3O4. The zero-order valence-electron chi connectivity index (χ0n) is 17.2. The lowest BCUT2D eigenvalue weighted by Gasteiger charge is -2.09. The number of fused-ring (bicyclic) bond motifs is 1. The van der Waals surface area contributed by atoms with Crippen molar-refractivity contribution in [2.45, 2.75) is 21.3 Å². The summed E-state index contributed by atoms with van der Waals surface area (Å²) in [7, 11) is 0. The highest BCUT2D eigenvalue weighted by molar-refractivity contribution is 6.34. The summed E-state index contributed by atoms with van der Waals surface area (Å²) in [6, 6.07) is 17.0. The van der Waals surface area contributed by atoms with Gasteiger partial charge < -0.3 is 10.4 Å². The Balaban J connectivity index is 0.00000306. The van der Waals surface area contributed by atoms with Crippen LogP contribution in [0.4, 0.5) is 5.69 Å². The molecule has 0 saturated heterocycles. The second-order valence-electron chi connectivity index (χ2n) is 7.26. The van der Waals surface area contributed by atoms with Crippen LogP contribution in [0.2, 0.25) is 5.02 Å². The first-order valence-electron chi connectivity index (χ1n) is 9.71. The van der Waals surface area contributed by atoms with E-state index >= 15 is 0 Å². The van der Waals surface area contributed by atoms with Gasteiger partial charge in [0.25, 0.3) is 5.91 Å². The van der Waals surface area contributed by atoms with Crippen molar-refractivity contribution in [2.75, 3.05) is 5.32 Å². The zero-order chi connectivity index (χ0) is 23.0. The molecule has 0 aliphatic carbocycles. The van der Waals surface area contributed by atoms with E-state index in [0.29, 0.717) is 32.7 Å². The summed E-state index contributed by atoms with van der Waals surface area (Å²) >= 11 is 6.31. The van der Waals surface area contributed by atoms with E-state index in [1.54, 1.807) is 43.3 Å². The molecule has 2 N–H and O–H groups in total. The minimum absolute atomic E-state index is 0. The van der Waals surface area contributed by atoms with Gasteiger partial charge in [0.15, 0.2) is 0 Å². The number of rotatable bonds is 4. The first kappa shape index (κ1) is 23.7. The van der Waals surface area contributed by atoms with Gasteiger partial charge in [-0.25, -0.2) is 4.79 Å². The molecule has 7 nitrogen and oxygen atoms in total. The monoisotopic (exact) mass is 463 g/mol. The van der Waals surface area contributed by atoms with Crippen LogP contribution >= 0.6 is 11.6 Å². The number of carboxylic acid groups (broad SMARTS) is 1. The summed E-state index contributed by atoms with van der Waals surface area (Å²) in [6.45, 7) is 3.10. The van der Waals surface area contributed by atoms with Crippen LogP contribution in [0.1, 0.15) is 40.6 Å². The number of benzene rings is 3. The van der Waals surface area contributed by atoms with Gasteiger partial charge in [-0.3, -0.25) is 9.59 Å². The Bertz CT molecular complexity index is 1390. The van der Waals surface area contributed by atoms with Crippen LogP contribution < -0.4 is 5.32 Å². The van der Waals surface area contributed by atoms with Crippen LogP contribution in [-0.4, -0.2) is 32.7 Å². The molecule has 0 radical (unpaired) electrons. The van der Waals surface area contributed by atoms with Crippen LogP contribution in [-0.2, 0) is 4.79 Å². The second-order valence-corrected chi connectivity index (χ2v) is 7.67. The van der Waals surface area contributed by atoms with Crippen molar-refractivity contribution in [1.29, 1.82) is 0 Å². The Hall–Kier alpha value is -3.97. The molecule has 0 aliphatic rings. The Morgan fingerprint density at radius 1 is 1.03 bits per heavy atom. The minimum Gasteiger partial charge on any atom is -0.478 e. The average molecular weight is 464 g/mol. The number of aromatic carboxylic acids is 1. The quantitative estimate of drug-likeness (QED) is 0.407. The fraction of sp³-hybridized carbons (Fsp3) is 0.120. The van der Waals surface area contributed by atoms with E-state index in [1.807, 2.05) is 12.1 Å². The number of anilines is 1. The van der Waals surface area contributed by atoms with Gasteiger partial charge in [-0.2, -0.15) is 9.78 Å². The largest absolute Gasteiger partial charge is 0.478 e. The van der Waals surface area contributed by atoms with Crippen molar-refractivity contribution in [2.24, 2.45) is 0 Å². The standard InChI is InChI=1S/C24H18ClN3O4.CH4/c1-13-6-5-8-18(25)21(13)23(30)28-20-9-4-3-7-17(20)22(27-28)15-10-11-16(24(31)32)19(12-15)26-14(2)29;/h3-12H,1-2H3,(H,26,29)(H,31,32);1H4. The Morgan fingerprint density at radius 2 is 1.76 bits per heavy atom. The number of carboxylic acids is 1. The van der Waals surface area contributed by atoms with Crippen LogP contribution in [0, 0.1) is 6.92 Å². The van der Waals surface area contributed by atoms with Crippen LogP contribution in [0.15, 0.2) is 60.7 Å². The summed E-state index contributed by atoms with van der Waals surface area (Å²) in [5, 5.41) is 17.6. The predicted molar refractivity (Wildman–Crippen MR) is 129 cm³/mol. The Kier molecular flexibility index (Phi) is 6.65. The summed E-state index contributed by atoms with van der Waals surface area (Å²) in [5.74, 6) is -1.94. The smallest absolute Gasteiger partial charge is 0.337 e. The molecule has 4 aromatic rings. The van der Waals surface area contributed by atoms with E-state index in [9.17, 15) is 19.5 Å². The maximum Gasteiger partial charge on any atom is 0.337 e. The SMILES string of the molecule is C.CC(=O)Nc1cc(-c2nn(C(=O)c3c(C)cccc3Cl)c3ccccc23)ccc1C(=O)O. The third-order valence-corrected chi connectivity index (χ3v) is 5.36. The van der Waals surface area contributed by atoms with Crippen molar-refractivity contribution >= 4 is 46.0 Å². The highest BCUT2D eigenvalue weighted by Crippen LogP contribution is 2.32. The lowest BCUT2D eigenvalue weighted by atomic mass is 10.0. The molecule has 3 aromatic carbocycles. The number of nitrogens with one attached hydrogen (secondary N) is 1. The van der Waals surface area contributed by atoms with Gasteiger partial charge in [0.05, 0.1) is 27.4 Å². The Labute approximate surface area is 195 Å². The number of amides is 1. The van der Waals surface area contributed by atoms with Crippen molar-refractivity contribution in [3.8, 4) is 11.3 Å². The minimum atomic E-state index is -1.17. The first-order chi connectivity index (χ1) is 15.3. The Morgan fingerprint density at radius 3 is 2.42 bits per heavy atom. The van der Waals surface area contributed by atoms with E-state index in [0.717, 1.165) is 5.56 Å². The molecule has 8 heteroatoms. The molecule has 168 valence electrons. The molecule has 0 spiro atoms. The molecule has 0 atom stereocenters. The van der Waals surface area contributed by atoms with Crippen LogP contribution in [0.5, 0.6) is 0 Å². The zero-order valence-corrected chi connectivity index (χ0v) is 18.0. The molecule has 1 aromatic heterocycles. The van der Waals surface area contributed by atoms with Gasteiger partial charge in [-0.1, -0.05) is 55.4 Å². The summed E-state index contributed by atoms with van der Waals surface area (Å²) in [4.78, 5) is 36.5. The molecular weight excluding hydrogens is 442 g/mol. The second kappa shape index (κ2) is 9.26. The lowest BCUT2D eigenvalue weighted by Crippen LogP contribution is -2.15. The molecule has 0 saturated carbocycles. The van der Waals surface area contributed by atoms with Crippen molar-refractivity contribution in [3.63, 3.8) is 0 Å². The fourth-order valence-corrected chi connectivity index (χ4v) is 3.92. The molecule has 0 bridgehead atoms. The van der Waals surface area contributed by atoms with Gasteiger partial charge >= 0.3 is 5.97 Å². The summed E-state index contributed by atoms with van der Waals surface area (Å²) < 4.78 is 1.29. The predicted octanol–water partition coefficient (Wildman–Crippen LogP) is 5.65. The summed E-state index contributed by atoms with van der Waals surface area (Å²) in [5.41, 5.74) is 2.79. The third-order valence-electron chi connectivity index (χ3n) is 5.05. The molecule has 33 heavy (non-hydrogen) atoms. The first-order valence-corrected chi connectivity index (χ1v) is 10.1. The van der Waals surface area contributed by atoms with E-state index in [1.165, 1.54) is 23.7 Å². The highest BCUT2D eigenvalue weighted by Gasteiger charge is 2.22. The van der Waals surface area contributed by atoms with Crippen molar-refractivity contribution < 1.29 is 19.5 Å². The molecule has 0 aliphatic heterocycles. The normalized spacial score (nSPS) is 10.5. The van der Waals surface area contributed by atoms with Gasteiger partial charge in [0.1, 0.15) is 5.69 Å². The number of nitrogens with zero attached hydrogens (tertiary/aromatic N) is 2. The molecule has 1 amide bonds. The number of aromatic nitrogens is 2. The molecule has 1 heterocycles.